The third-order valence-electron chi connectivity index (χ3n) is 3.97. The maximum Gasteiger partial charge on any atom is 0.318 e. The van der Waals surface area contributed by atoms with Crippen LogP contribution < -0.4 is 0 Å². The fourth-order valence-corrected chi connectivity index (χ4v) is 3.38. The summed E-state index contributed by atoms with van der Waals surface area (Å²) in [6.45, 7) is 0. The number of carbonyl (C=O) groups is 2. The zero-order valence-corrected chi connectivity index (χ0v) is 11.4. The highest BCUT2D eigenvalue weighted by Crippen LogP contribution is 2.45. The molecule has 0 bridgehead atoms. The molecular formula is C14H13BrO3. The number of halogens is 1. The van der Waals surface area contributed by atoms with Gasteiger partial charge in [0.25, 0.3) is 0 Å². The van der Waals surface area contributed by atoms with Crippen LogP contribution in [0.25, 0.3) is 0 Å². The lowest BCUT2D eigenvalue weighted by atomic mass is 9.70. The Morgan fingerprint density at radius 3 is 2.39 bits per heavy atom. The van der Waals surface area contributed by atoms with Crippen molar-refractivity contribution in [2.75, 3.05) is 0 Å². The molecule has 1 aromatic carbocycles. The first kappa shape index (κ1) is 11.9. The van der Waals surface area contributed by atoms with E-state index in [1.807, 2.05) is 24.3 Å². The second-order valence-corrected chi connectivity index (χ2v) is 5.88. The second-order valence-electron chi connectivity index (χ2n) is 4.96. The van der Waals surface area contributed by atoms with Gasteiger partial charge in [0, 0.05) is 4.47 Å². The molecule has 3 atom stereocenters. The van der Waals surface area contributed by atoms with Gasteiger partial charge in [-0.1, -0.05) is 34.5 Å². The average Bonchev–Trinajstić information content (AvgIpc) is 2.66. The zero-order valence-electron chi connectivity index (χ0n) is 9.77. The topological polar surface area (TPSA) is 43.4 Å². The molecule has 18 heavy (non-hydrogen) atoms. The molecule has 1 saturated heterocycles. The maximum absolute atomic E-state index is 11.8. The Kier molecular flexibility index (Phi) is 2.98. The van der Waals surface area contributed by atoms with Gasteiger partial charge in [0.05, 0.1) is 11.8 Å². The average molecular weight is 309 g/mol. The van der Waals surface area contributed by atoms with Crippen LogP contribution in [0, 0.1) is 11.8 Å². The molecule has 1 heterocycles. The summed E-state index contributed by atoms with van der Waals surface area (Å²) in [5.74, 6) is -1.03. The molecule has 0 radical (unpaired) electrons. The molecule has 0 spiro atoms. The standard InChI is InChI=1S/C14H13BrO3/c15-9-6-4-8(5-7-9)10-2-1-3-11-12(10)14(17)18-13(11)16/h4-7,10-12H,1-3H2/t10-,11-,12+/m0/s1. The van der Waals surface area contributed by atoms with E-state index >= 15 is 0 Å². The molecule has 2 fully saturated rings. The van der Waals surface area contributed by atoms with E-state index in [2.05, 4.69) is 15.9 Å². The lowest BCUT2D eigenvalue weighted by Gasteiger charge is -2.29. The van der Waals surface area contributed by atoms with Gasteiger partial charge < -0.3 is 4.74 Å². The minimum absolute atomic E-state index is 0.121. The molecule has 0 N–H and O–H groups in total. The highest BCUT2D eigenvalue weighted by atomic mass is 79.9. The van der Waals surface area contributed by atoms with Gasteiger partial charge in [-0.3, -0.25) is 9.59 Å². The van der Waals surface area contributed by atoms with Gasteiger partial charge in [-0.2, -0.15) is 0 Å². The summed E-state index contributed by atoms with van der Waals surface area (Å²) in [6, 6.07) is 7.99. The highest BCUT2D eigenvalue weighted by molar-refractivity contribution is 9.10. The molecule has 1 aromatic rings. The van der Waals surface area contributed by atoms with Crippen LogP contribution >= 0.6 is 15.9 Å². The fraction of sp³-hybridized carbons (Fsp3) is 0.429. The van der Waals surface area contributed by atoms with Crippen LogP contribution in [0.4, 0.5) is 0 Å². The number of esters is 2. The van der Waals surface area contributed by atoms with E-state index in [1.54, 1.807) is 0 Å². The van der Waals surface area contributed by atoms with Crippen molar-refractivity contribution in [2.24, 2.45) is 11.8 Å². The van der Waals surface area contributed by atoms with Crippen LogP contribution in [0.2, 0.25) is 0 Å². The molecule has 3 nitrogen and oxygen atoms in total. The Morgan fingerprint density at radius 2 is 1.67 bits per heavy atom. The van der Waals surface area contributed by atoms with Gasteiger partial charge >= 0.3 is 11.9 Å². The van der Waals surface area contributed by atoms with Gasteiger partial charge in [0.2, 0.25) is 0 Å². The Hall–Kier alpha value is -1.16. The minimum Gasteiger partial charge on any atom is -0.393 e. The Balaban J connectivity index is 1.94. The van der Waals surface area contributed by atoms with Gasteiger partial charge in [0.1, 0.15) is 0 Å². The van der Waals surface area contributed by atoms with E-state index in [0.29, 0.717) is 0 Å². The SMILES string of the molecule is O=C1OC(=O)[C@H]2CCC[C@@H](c3ccc(Br)cc3)[C@@H]12. The number of carbonyl (C=O) groups excluding carboxylic acids is 2. The van der Waals surface area contributed by atoms with Crippen LogP contribution in [-0.4, -0.2) is 11.9 Å². The lowest BCUT2D eigenvalue weighted by Crippen LogP contribution is -2.29. The predicted octanol–water partition coefficient (Wildman–Crippen LogP) is 3.03. The Bertz CT molecular complexity index is 494. The summed E-state index contributed by atoms with van der Waals surface area (Å²) in [5.41, 5.74) is 1.12. The molecule has 1 aliphatic carbocycles. The third kappa shape index (κ3) is 1.88. The molecule has 3 rings (SSSR count). The minimum atomic E-state index is -0.336. The number of cyclic esters (lactones) is 2. The van der Waals surface area contributed by atoms with Crippen molar-refractivity contribution in [3.8, 4) is 0 Å². The molecule has 1 aliphatic heterocycles. The first-order chi connectivity index (χ1) is 8.66. The maximum atomic E-state index is 11.8. The van der Waals surface area contributed by atoms with Crippen molar-refractivity contribution in [3.05, 3.63) is 34.3 Å². The highest BCUT2D eigenvalue weighted by Gasteiger charge is 2.50. The smallest absolute Gasteiger partial charge is 0.318 e. The van der Waals surface area contributed by atoms with Gasteiger partial charge in [-0.15, -0.1) is 0 Å². The first-order valence-electron chi connectivity index (χ1n) is 6.18. The zero-order chi connectivity index (χ0) is 12.7. The summed E-state index contributed by atoms with van der Waals surface area (Å²) in [4.78, 5) is 23.4. The summed E-state index contributed by atoms with van der Waals surface area (Å²) in [7, 11) is 0. The normalized spacial score (nSPS) is 31.1. The number of ether oxygens (including phenoxy) is 1. The molecule has 0 unspecified atom stereocenters. The van der Waals surface area contributed by atoms with E-state index in [-0.39, 0.29) is 29.7 Å². The van der Waals surface area contributed by atoms with E-state index < -0.39 is 0 Å². The largest absolute Gasteiger partial charge is 0.393 e. The molecular weight excluding hydrogens is 296 g/mol. The van der Waals surface area contributed by atoms with Gasteiger partial charge in [-0.05, 0) is 36.5 Å². The van der Waals surface area contributed by atoms with Crippen molar-refractivity contribution >= 4 is 27.9 Å². The van der Waals surface area contributed by atoms with Crippen molar-refractivity contribution in [2.45, 2.75) is 25.2 Å². The quantitative estimate of drug-likeness (QED) is 0.591. The van der Waals surface area contributed by atoms with E-state index in [1.165, 1.54) is 0 Å². The molecule has 2 aliphatic rings. The fourth-order valence-electron chi connectivity index (χ4n) is 3.12. The van der Waals surface area contributed by atoms with Crippen molar-refractivity contribution < 1.29 is 14.3 Å². The predicted molar refractivity (Wildman–Crippen MR) is 68.8 cm³/mol. The number of fused-ring (bicyclic) bond motifs is 1. The molecule has 1 saturated carbocycles. The first-order valence-corrected chi connectivity index (χ1v) is 6.97. The van der Waals surface area contributed by atoms with Crippen LogP contribution in [-0.2, 0) is 14.3 Å². The van der Waals surface area contributed by atoms with Crippen molar-refractivity contribution in [1.29, 1.82) is 0 Å². The van der Waals surface area contributed by atoms with E-state index in [9.17, 15) is 9.59 Å². The summed E-state index contributed by atoms with van der Waals surface area (Å²) < 4.78 is 5.81. The number of benzene rings is 1. The second kappa shape index (κ2) is 4.50. The number of hydrogen-bond donors (Lipinski definition) is 0. The van der Waals surface area contributed by atoms with E-state index in [4.69, 9.17) is 4.74 Å². The van der Waals surface area contributed by atoms with Crippen LogP contribution in [0.1, 0.15) is 30.7 Å². The van der Waals surface area contributed by atoms with E-state index in [0.717, 1.165) is 29.3 Å². The van der Waals surface area contributed by atoms with Crippen LogP contribution in [0.15, 0.2) is 28.7 Å². The number of rotatable bonds is 1. The third-order valence-corrected chi connectivity index (χ3v) is 4.50. The number of hydrogen-bond acceptors (Lipinski definition) is 3. The molecule has 0 aromatic heterocycles. The monoisotopic (exact) mass is 308 g/mol. The summed E-state index contributed by atoms with van der Waals surface area (Å²) in [5, 5.41) is 0. The summed E-state index contributed by atoms with van der Waals surface area (Å²) in [6.07, 6.45) is 2.71. The lowest BCUT2D eigenvalue weighted by molar-refractivity contribution is -0.153. The van der Waals surface area contributed by atoms with Crippen LogP contribution in [0.3, 0.4) is 0 Å². The van der Waals surface area contributed by atoms with Crippen molar-refractivity contribution in [1.82, 2.24) is 0 Å². The van der Waals surface area contributed by atoms with Crippen molar-refractivity contribution in [3.63, 3.8) is 0 Å². The summed E-state index contributed by atoms with van der Waals surface area (Å²) >= 11 is 3.40. The Labute approximate surface area is 114 Å². The Morgan fingerprint density at radius 1 is 1.00 bits per heavy atom. The van der Waals surface area contributed by atoms with Crippen LogP contribution in [0.5, 0.6) is 0 Å². The molecule has 4 heteroatoms. The van der Waals surface area contributed by atoms with Gasteiger partial charge in [0.15, 0.2) is 0 Å². The molecule has 0 amide bonds. The molecule has 94 valence electrons. The van der Waals surface area contributed by atoms with Gasteiger partial charge in [-0.25, -0.2) is 0 Å².